The molecule has 0 aliphatic carbocycles. The minimum atomic E-state index is -4.44. The fourth-order valence-corrected chi connectivity index (χ4v) is 4.64. The van der Waals surface area contributed by atoms with Crippen LogP contribution in [-0.2, 0) is 9.59 Å². The Labute approximate surface area is 203 Å². The quantitative estimate of drug-likeness (QED) is 0.330. The number of nitrogens with zero attached hydrogens (tertiary/aromatic N) is 2. The van der Waals surface area contributed by atoms with E-state index in [1.54, 1.807) is 4.90 Å². The van der Waals surface area contributed by atoms with Crippen LogP contribution in [0.5, 0.6) is 0 Å². The summed E-state index contributed by atoms with van der Waals surface area (Å²) in [5.74, 6) is -1.54. The lowest BCUT2D eigenvalue weighted by Crippen LogP contribution is -2.44. The molecule has 190 valence electrons. The van der Waals surface area contributed by atoms with Crippen LogP contribution in [0.15, 0.2) is 66.5 Å². The van der Waals surface area contributed by atoms with E-state index >= 15 is 0 Å². The molecule has 1 aromatic rings. The number of carbonyl (C=O) groups is 2. The molecule has 1 atom stereocenters. The monoisotopic (exact) mass is 493 g/mol. The zero-order chi connectivity index (χ0) is 25.4. The fraction of sp³-hybridized carbons (Fsp3) is 0.462. The number of benzene rings is 1. The van der Waals surface area contributed by atoms with Gasteiger partial charge >= 0.3 is 6.18 Å². The summed E-state index contributed by atoms with van der Waals surface area (Å²) >= 11 is 0. The number of carbonyl (C=O) groups excluding carboxylic acids is 2. The molecular formula is C26H31F4N3O2. The Morgan fingerprint density at radius 3 is 2.40 bits per heavy atom. The Morgan fingerprint density at radius 1 is 1.09 bits per heavy atom. The van der Waals surface area contributed by atoms with E-state index in [1.165, 1.54) is 5.56 Å². The number of hydrogen-bond donors (Lipinski definition) is 1. The summed E-state index contributed by atoms with van der Waals surface area (Å²) in [7, 11) is 0. The Hall–Kier alpha value is -2.94. The van der Waals surface area contributed by atoms with Crippen LogP contribution >= 0.6 is 0 Å². The van der Waals surface area contributed by atoms with Crippen LogP contribution in [-0.4, -0.2) is 66.6 Å². The first-order valence-corrected chi connectivity index (χ1v) is 11.8. The molecule has 2 aliphatic rings. The van der Waals surface area contributed by atoms with Gasteiger partial charge in [-0.3, -0.25) is 14.5 Å². The van der Waals surface area contributed by atoms with E-state index in [9.17, 15) is 27.2 Å². The van der Waals surface area contributed by atoms with E-state index in [0.29, 0.717) is 19.0 Å². The molecule has 1 N–H and O–H groups in total. The fourth-order valence-electron chi connectivity index (χ4n) is 4.64. The highest BCUT2D eigenvalue weighted by Crippen LogP contribution is 2.30. The maximum Gasteiger partial charge on any atom is 0.392 e. The Balaban J connectivity index is 1.46. The third kappa shape index (κ3) is 8.35. The van der Waals surface area contributed by atoms with Gasteiger partial charge in [0.05, 0.1) is 13.0 Å². The van der Waals surface area contributed by atoms with E-state index in [-0.39, 0.29) is 24.1 Å². The number of halogens is 4. The van der Waals surface area contributed by atoms with Crippen molar-refractivity contribution in [2.75, 3.05) is 32.7 Å². The molecule has 2 amide bonds. The van der Waals surface area contributed by atoms with Crippen molar-refractivity contribution in [1.29, 1.82) is 0 Å². The topological polar surface area (TPSA) is 52.7 Å². The van der Waals surface area contributed by atoms with Gasteiger partial charge < -0.3 is 10.2 Å². The summed E-state index contributed by atoms with van der Waals surface area (Å²) in [6, 6.07) is 10.7. The van der Waals surface area contributed by atoms with Gasteiger partial charge in [0.25, 0.3) is 5.91 Å². The van der Waals surface area contributed by atoms with Gasteiger partial charge in [-0.2, -0.15) is 13.2 Å². The molecule has 1 aromatic carbocycles. The highest BCUT2D eigenvalue weighted by Gasteiger charge is 2.33. The van der Waals surface area contributed by atoms with Crippen molar-refractivity contribution < 1.29 is 27.2 Å². The summed E-state index contributed by atoms with van der Waals surface area (Å²) in [5, 5.41) is 2.38. The maximum atomic E-state index is 13.2. The van der Waals surface area contributed by atoms with E-state index in [1.807, 2.05) is 6.07 Å². The molecule has 3 rings (SSSR count). The van der Waals surface area contributed by atoms with Gasteiger partial charge in [0.15, 0.2) is 0 Å². The molecule has 2 heterocycles. The van der Waals surface area contributed by atoms with Gasteiger partial charge in [-0.05, 0) is 49.9 Å². The third-order valence-electron chi connectivity index (χ3n) is 6.45. The third-order valence-corrected chi connectivity index (χ3v) is 6.45. The molecule has 2 saturated heterocycles. The van der Waals surface area contributed by atoms with E-state index in [0.717, 1.165) is 50.6 Å². The summed E-state index contributed by atoms with van der Waals surface area (Å²) < 4.78 is 50.2. The van der Waals surface area contributed by atoms with E-state index in [4.69, 9.17) is 0 Å². The van der Waals surface area contributed by atoms with Gasteiger partial charge in [-0.25, -0.2) is 4.39 Å². The van der Waals surface area contributed by atoms with Gasteiger partial charge in [-0.15, -0.1) is 0 Å². The number of nitrogens with one attached hydrogen (secondary N) is 1. The van der Waals surface area contributed by atoms with Gasteiger partial charge in [0.1, 0.15) is 5.83 Å². The second kappa shape index (κ2) is 12.2. The van der Waals surface area contributed by atoms with Gasteiger partial charge in [-0.1, -0.05) is 49.1 Å². The van der Waals surface area contributed by atoms with Gasteiger partial charge in [0, 0.05) is 24.7 Å². The Kier molecular flexibility index (Phi) is 9.26. The predicted molar refractivity (Wildman–Crippen MR) is 126 cm³/mol. The van der Waals surface area contributed by atoms with Crippen LogP contribution in [0, 0.1) is 0 Å². The van der Waals surface area contributed by atoms with E-state index in [2.05, 4.69) is 41.1 Å². The molecular weight excluding hydrogens is 462 g/mol. The van der Waals surface area contributed by atoms with Crippen LogP contribution < -0.4 is 5.32 Å². The average Bonchev–Trinajstić information content (AvgIpc) is 3.32. The minimum absolute atomic E-state index is 0.266. The zero-order valence-corrected chi connectivity index (χ0v) is 19.6. The first-order chi connectivity index (χ1) is 16.6. The lowest BCUT2D eigenvalue weighted by atomic mass is 9.89. The standard InChI is InChI=1S/C26H31F4N3O2/c1-19(27)16-22(8-5-12-26(28,29)30)25(35)31-17-24(34)33-15-11-23(18-33)32-13-9-21(10-14-32)20-6-3-2-4-7-20/h2-8,16,21,23H,1,9-15,17-18H2,(H,31,35)/b8-5-,22-16+. The van der Waals surface area contributed by atoms with Crippen molar-refractivity contribution in [3.8, 4) is 0 Å². The van der Waals surface area contributed by atoms with Crippen molar-refractivity contribution in [2.24, 2.45) is 0 Å². The van der Waals surface area contributed by atoms with Crippen LogP contribution in [0.25, 0.3) is 0 Å². The van der Waals surface area contributed by atoms with Crippen LogP contribution in [0.3, 0.4) is 0 Å². The first kappa shape index (κ1) is 26.7. The molecule has 5 nitrogen and oxygen atoms in total. The molecule has 9 heteroatoms. The summed E-state index contributed by atoms with van der Waals surface area (Å²) in [4.78, 5) is 29.0. The second-order valence-corrected chi connectivity index (χ2v) is 8.95. The van der Waals surface area contributed by atoms with Crippen molar-refractivity contribution in [3.63, 3.8) is 0 Å². The summed E-state index contributed by atoms with van der Waals surface area (Å²) in [5.41, 5.74) is 1.03. The van der Waals surface area contributed by atoms with E-state index < -0.39 is 24.3 Å². The number of allylic oxidation sites excluding steroid dienone is 3. The molecule has 0 spiro atoms. The van der Waals surface area contributed by atoms with Crippen molar-refractivity contribution in [2.45, 2.75) is 43.8 Å². The SMILES string of the molecule is C=C(F)/C=C(\C=C/CC(F)(F)F)C(=O)NCC(=O)N1CCC(N2CCC(c3ccccc3)CC2)C1. The highest BCUT2D eigenvalue weighted by molar-refractivity contribution is 5.98. The van der Waals surface area contributed by atoms with Crippen molar-refractivity contribution >= 4 is 11.8 Å². The largest absolute Gasteiger partial charge is 0.392 e. The number of alkyl halides is 3. The first-order valence-electron chi connectivity index (χ1n) is 11.8. The number of hydrogen-bond acceptors (Lipinski definition) is 3. The Bertz CT molecular complexity index is 951. The molecule has 1 unspecified atom stereocenters. The second-order valence-electron chi connectivity index (χ2n) is 8.95. The zero-order valence-electron chi connectivity index (χ0n) is 19.6. The molecule has 2 aliphatic heterocycles. The van der Waals surface area contributed by atoms with Crippen LogP contribution in [0.4, 0.5) is 17.6 Å². The molecule has 35 heavy (non-hydrogen) atoms. The van der Waals surface area contributed by atoms with Crippen LogP contribution in [0.2, 0.25) is 0 Å². The lowest BCUT2D eigenvalue weighted by molar-refractivity contribution is -0.131. The average molecular weight is 494 g/mol. The smallest absolute Gasteiger partial charge is 0.343 e. The number of likely N-dealkylation sites (tertiary alicyclic amines) is 2. The Morgan fingerprint density at radius 2 is 1.77 bits per heavy atom. The number of amides is 2. The van der Waals surface area contributed by atoms with Gasteiger partial charge in [0.2, 0.25) is 5.91 Å². The molecule has 0 aromatic heterocycles. The van der Waals surface area contributed by atoms with Crippen molar-refractivity contribution in [1.82, 2.24) is 15.1 Å². The number of rotatable bonds is 8. The predicted octanol–water partition coefficient (Wildman–Crippen LogP) is 4.50. The van der Waals surface area contributed by atoms with Crippen LogP contribution in [0.1, 0.15) is 37.2 Å². The normalized spacial score (nSPS) is 20.4. The molecule has 0 radical (unpaired) electrons. The van der Waals surface area contributed by atoms with Crippen molar-refractivity contribution in [3.05, 3.63) is 72.1 Å². The molecule has 0 bridgehead atoms. The molecule has 0 saturated carbocycles. The number of piperidine rings is 1. The summed E-state index contributed by atoms with van der Waals surface area (Å²) in [6.07, 6.45) is -0.370. The highest BCUT2D eigenvalue weighted by atomic mass is 19.4. The lowest BCUT2D eigenvalue weighted by Gasteiger charge is -2.36. The maximum absolute atomic E-state index is 13.2. The minimum Gasteiger partial charge on any atom is -0.343 e. The molecule has 2 fully saturated rings. The summed E-state index contributed by atoms with van der Waals surface area (Å²) in [6.45, 7) is 5.77.